The summed E-state index contributed by atoms with van der Waals surface area (Å²) in [6.45, 7) is 11.6. The Bertz CT molecular complexity index is 1210. The number of hydrogen-bond donors (Lipinski definition) is 2. The summed E-state index contributed by atoms with van der Waals surface area (Å²) in [6.07, 6.45) is 12.4. The number of nitrogens with two attached hydrogens (primary N) is 2. The SMILES string of the molecule is CC.CCCCCCCCCCC[n+]1c(C)cc(N)c2ccccc21.Cc1cc(N)c2ccccc2c1. The highest BCUT2D eigenvalue weighted by Crippen LogP contribution is 2.22. The molecular weight excluding hydrogens is 450 g/mol. The van der Waals surface area contributed by atoms with E-state index >= 15 is 0 Å². The van der Waals surface area contributed by atoms with Crippen molar-refractivity contribution in [1.82, 2.24) is 0 Å². The van der Waals surface area contributed by atoms with Crippen LogP contribution in [0.4, 0.5) is 11.4 Å². The van der Waals surface area contributed by atoms with E-state index in [9.17, 15) is 0 Å². The monoisotopic (exact) mass is 500 g/mol. The minimum absolute atomic E-state index is 0.866. The molecule has 37 heavy (non-hydrogen) atoms. The smallest absolute Gasteiger partial charge is 0.214 e. The van der Waals surface area contributed by atoms with Crippen molar-refractivity contribution >= 4 is 33.1 Å². The fourth-order valence-corrected chi connectivity index (χ4v) is 4.90. The van der Waals surface area contributed by atoms with Crippen LogP contribution in [0.5, 0.6) is 0 Å². The quantitative estimate of drug-likeness (QED) is 0.129. The molecule has 4 rings (SSSR count). The molecule has 0 amide bonds. The average molecular weight is 501 g/mol. The van der Waals surface area contributed by atoms with Crippen LogP contribution < -0.4 is 16.0 Å². The summed E-state index contributed by atoms with van der Waals surface area (Å²) in [5, 5.41) is 3.53. The molecular formula is C34H50N3+. The van der Waals surface area contributed by atoms with E-state index in [1.807, 2.05) is 38.1 Å². The van der Waals surface area contributed by atoms with Crippen molar-refractivity contribution in [2.45, 2.75) is 99.0 Å². The summed E-state index contributed by atoms with van der Waals surface area (Å²) >= 11 is 0. The average Bonchev–Trinajstić information content (AvgIpc) is 2.91. The Balaban J connectivity index is 0.000000287. The van der Waals surface area contributed by atoms with Gasteiger partial charge in [0.1, 0.15) is 6.54 Å². The fraction of sp³-hybridized carbons (Fsp3) is 0.441. The van der Waals surface area contributed by atoms with Gasteiger partial charge in [-0.2, -0.15) is 4.57 Å². The second-order valence-electron chi connectivity index (χ2n) is 9.81. The Morgan fingerprint density at radius 3 is 1.84 bits per heavy atom. The second kappa shape index (κ2) is 16.6. The maximum atomic E-state index is 6.16. The molecule has 0 unspecified atom stereocenters. The zero-order chi connectivity index (χ0) is 27.0. The van der Waals surface area contributed by atoms with Crippen molar-refractivity contribution < 1.29 is 4.57 Å². The first-order chi connectivity index (χ1) is 18.0. The highest BCUT2D eigenvalue weighted by molar-refractivity contribution is 5.93. The summed E-state index contributed by atoms with van der Waals surface area (Å²) in [5.74, 6) is 0. The Morgan fingerprint density at radius 2 is 1.16 bits per heavy atom. The summed E-state index contributed by atoms with van der Waals surface area (Å²) < 4.78 is 2.42. The number of aryl methyl sites for hydroxylation is 3. The molecule has 0 aliphatic carbocycles. The van der Waals surface area contributed by atoms with Gasteiger partial charge in [0.05, 0.1) is 11.1 Å². The third-order valence-corrected chi connectivity index (χ3v) is 6.82. The van der Waals surface area contributed by atoms with Crippen LogP contribution >= 0.6 is 0 Å². The lowest BCUT2D eigenvalue weighted by Crippen LogP contribution is -2.38. The van der Waals surface area contributed by atoms with Gasteiger partial charge in [-0.25, -0.2) is 0 Å². The highest BCUT2D eigenvalue weighted by atomic mass is 15.0. The Labute approximate surface area is 225 Å². The van der Waals surface area contributed by atoms with E-state index in [4.69, 9.17) is 11.5 Å². The number of benzene rings is 3. The molecule has 0 spiro atoms. The number of aromatic nitrogens is 1. The van der Waals surface area contributed by atoms with Crippen LogP contribution in [-0.2, 0) is 6.54 Å². The molecule has 4 N–H and O–H groups in total. The van der Waals surface area contributed by atoms with Crippen LogP contribution in [0.3, 0.4) is 0 Å². The van der Waals surface area contributed by atoms with E-state index in [-0.39, 0.29) is 0 Å². The predicted octanol–water partition coefficient (Wildman–Crippen LogP) is 9.31. The third kappa shape index (κ3) is 9.39. The van der Waals surface area contributed by atoms with Crippen molar-refractivity contribution in [3.05, 3.63) is 78.0 Å². The molecule has 3 heteroatoms. The molecule has 0 aliphatic heterocycles. The Kier molecular flexibility index (Phi) is 13.6. The topological polar surface area (TPSA) is 55.9 Å². The van der Waals surface area contributed by atoms with Gasteiger partial charge >= 0.3 is 0 Å². The molecule has 0 saturated carbocycles. The number of para-hydroxylation sites is 1. The van der Waals surface area contributed by atoms with Crippen molar-refractivity contribution in [3.8, 4) is 0 Å². The largest absolute Gasteiger partial charge is 0.398 e. The molecule has 0 atom stereocenters. The summed E-state index contributed by atoms with van der Waals surface area (Å²) in [4.78, 5) is 0. The fourth-order valence-electron chi connectivity index (χ4n) is 4.90. The Hall–Kier alpha value is -3.07. The second-order valence-corrected chi connectivity index (χ2v) is 9.81. The molecule has 4 aromatic rings. The van der Waals surface area contributed by atoms with E-state index in [1.165, 1.54) is 85.3 Å². The number of unbranched alkanes of at least 4 members (excludes halogenated alkanes) is 8. The van der Waals surface area contributed by atoms with E-state index in [2.05, 4.69) is 67.8 Å². The highest BCUT2D eigenvalue weighted by Gasteiger charge is 2.14. The van der Waals surface area contributed by atoms with Crippen LogP contribution in [0.1, 0.15) is 89.8 Å². The van der Waals surface area contributed by atoms with Gasteiger partial charge in [0, 0.05) is 36.6 Å². The van der Waals surface area contributed by atoms with Gasteiger partial charge in [-0.3, -0.25) is 0 Å². The standard InChI is InChI=1S/C21H32N2.C11H11N.C2H6/c1-3-4-5-6-7-8-9-10-13-16-23-18(2)17-20(22)19-14-11-12-15-21(19)23;1-8-6-9-4-2-3-5-10(9)11(12)7-8;1-2/h11-12,14-15,17,22H,3-10,13,16H2,1-2H3;2-7H,12H2,1H3;1-2H3/p+1. The molecule has 200 valence electrons. The first-order valence-electron chi connectivity index (χ1n) is 14.4. The van der Waals surface area contributed by atoms with Gasteiger partial charge in [0.2, 0.25) is 5.52 Å². The van der Waals surface area contributed by atoms with Crippen molar-refractivity contribution in [1.29, 1.82) is 0 Å². The van der Waals surface area contributed by atoms with E-state index in [0.29, 0.717) is 0 Å². The van der Waals surface area contributed by atoms with Gasteiger partial charge in [-0.05, 0) is 36.4 Å². The van der Waals surface area contributed by atoms with Gasteiger partial charge < -0.3 is 11.5 Å². The first kappa shape index (κ1) is 30.2. The van der Waals surface area contributed by atoms with Crippen molar-refractivity contribution in [3.63, 3.8) is 0 Å². The minimum Gasteiger partial charge on any atom is -0.398 e. The van der Waals surface area contributed by atoms with Crippen molar-refractivity contribution in [2.75, 3.05) is 11.5 Å². The molecule has 1 heterocycles. The summed E-state index contributed by atoms with van der Waals surface area (Å²) in [7, 11) is 0. The van der Waals surface area contributed by atoms with Gasteiger partial charge in [0.15, 0.2) is 5.69 Å². The zero-order valence-electron chi connectivity index (χ0n) is 24.0. The van der Waals surface area contributed by atoms with Gasteiger partial charge in [-0.15, -0.1) is 0 Å². The normalized spacial score (nSPS) is 10.5. The molecule has 0 radical (unpaired) electrons. The zero-order valence-corrected chi connectivity index (χ0v) is 24.0. The molecule has 3 aromatic carbocycles. The molecule has 0 bridgehead atoms. The molecule has 3 nitrogen and oxygen atoms in total. The van der Waals surface area contributed by atoms with Gasteiger partial charge in [0.25, 0.3) is 0 Å². The summed E-state index contributed by atoms with van der Waals surface area (Å²) in [5.41, 5.74) is 17.5. The van der Waals surface area contributed by atoms with E-state index < -0.39 is 0 Å². The lowest BCUT2D eigenvalue weighted by Gasteiger charge is -2.07. The van der Waals surface area contributed by atoms with Crippen LogP contribution in [0.25, 0.3) is 21.7 Å². The number of nitrogens with zero attached hydrogens (tertiary/aromatic N) is 1. The number of hydrogen-bond acceptors (Lipinski definition) is 2. The Morgan fingerprint density at radius 1 is 0.622 bits per heavy atom. The molecule has 0 aliphatic rings. The van der Waals surface area contributed by atoms with Crippen LogP contribution in [0.15, 0.2) is 66.7 Å². The number of anilines is 2. The molecule has 0 saturated heterocycles. The van der Waals surface area contributed by atoms with E-state index in [0.717, 1.165) is 23.3 Å². The number of fused-ring (bicyclic) bond motifs is 2. The van der Waals surface area contributed by atoms with Crippen molar-refractivity contribution in [2.24, 2.45) is 0 Å². The number of pyridine rings is 1. The predicted molar refractivity (Wildman–Crippen MR) is 165 cm³/mol. The molecule has 0 fully saturated rings. The third-order valence-electron chi connectivity index (χ3n) is 6.82. The van der Waals surface area contributed by atoms with Crippen LogP contribution in [-0.4, -0.2) is 0 Å². The van der Waals surface area contributed by atoms with Crippen LogP contribution in [0, 0.1) is 13.8 Å². The van der Waals surface area contributed by atoms with Crippen LogP contribution in [0.2, 0.25) is 0 Å². The first-order valence-corrected chi connectivity index (χ1v) is 14.4. The maximum Gasteiger partial charge on any atom is 0.214 e. The summed E-state index contributed by atoms with van der Waals surface area (Å²) in [6, 6.07) is 22.9. The minimum atomic E-state index is 0.866. The van der Waals surface area contributed by atoms with E-state index in [1.54, 1.807) is 0 Å². The van der Waals surface area contributed by atoms with Gasteiger partial charge in [-0.1, -0.05) is 108 Å². The number of nitrogen functional groups attached to an aromatic ring is 2. The lowest BCUT2D eigenvalue weighted by atomic mass is 10.1. The number of rotatable bonds is 10. The molecule has 1 aromatic heterocycles. The maximum absolute atomic E-state index is 6.16. The lowest BCUT2D eigenvalue weighted by molar-refractivity contribution is -0.677.